The molecule has 0 unspecified atom stereocenters. The van der Waals surface area contributed by atoms with Crippen molar-refractivity contribution in [3.63, 3.8) is 0 Å². The summed E-state index contributed by atoms with van der Waals surface area (Å²) >= 11 is 0. The van der Waals surface area contributed by atoms with Crippen LogP contribution in [0.3, 0.4) is 0 Å². The topological polar surface area (TPSA) is 96.8 Å². The van der Waals surface area contributed by atoms with Crippen LogP contribution in [0.4, 0.5) is 4.79 Å². The maximum Gasteiger partial charge on any atom is 0.318 e. The molecule has 2 rings (SSSR count). The Kier molecular flexibility index (Phi) is 9.66. The quantitative estimate of drug-likeness (QED) is 0.517. The third-order valence-corrected chi connectivity index (χ3v) is 6.71. The highest BCUT2D eigenvalue weighted by atomic mass is 32.2. The molecule has 9 nitrogen and oxygen atoms in total. The summed E-state index contributed by atoms with van der Waals surface area (Å²) in [5, 5.41) is 2.99. The van der Waals surface area contributed by atoms with E-state index in [1.54, 1.807) is 22.8 Å². The Morgan fingerprint density at radius 3 is 2.35 bits per heavy atom. The lowest BCUT2D eigenvalue weighted by Crippen LogP contribution is -2.49. The molecule has 0 fully saturated rings. The van der Waals surface area contributed by atoms with E-state index in [0.29, 0.717) is 37.5 Å². The Morgan fingerprint density at radius 1 is 1.15 bits per heavy atom. The first-order valence-corrected chi connectivity index (χ1v) is 13.0. The average Bonchev–Trinajstić information content (AvgIpc) is 3.13. The van der Waals surface area contributed by atoms with E-state index in [9.17, 15) is 13.2 Å². The molecule has 34 heavy (non-hydrogen) atoms. The number of imidazole rings is 1. The summed E-state index contributed by atoms with van der Waals surface area (Å²) in [4.78, 5) is 21.0. The van der Waals surface area contributed by atoms with Crippen LogP contribution < -0.4 is 5.32 Å². The van der Waals surface area contributed by atoms with Crippen molar-refractivity contribution >= 4 is 15.9 Å². The standard InChI is InChI=1S/C24H39N5O4S/c1-19-8-10-20(11-9-19)18-34(31,32)23-25-16-21(29(23)14-15-33-7)17-28(13-12-27(5)6)22(30)26-24(2,3)4/h8-11,16H,12-15,17-18H2,1-7H3,(H,26,30). The molecule has 0 aliphatic rings. The fourth-order valence-corrected chi connectivity index (χ4v) is 4.84. The summed E-state index contributed by atoms with van der Waals surface area (Å²) in [7, 11) is 1.74. The van der Waals surface area contributed by atoms with Gasteiger partial charge in [0.05, 0.1) is 30.8 Å². The number of aryl methyl sites for hydroxylation is 1. The predicted molar refractivity (Wildman–Crippen MR) is 133 cm³/mol. The molecule has 0 atom stereocenters. The third-order valence-electron chi connectivity index (χ3n) is 5.12. The van der Waals surface area contributed by atoms with Gasteiger partial charge in [0, 0.05) is 32.3 Å². The van der Waals surface area contributed by atoms with E-state index in [4.69, 9.17) is 4.74 Å². The largest absolute Gasteiger partial charge is 0.383 e. The zero-order valence-corrected chi connectivity index (χ0v) is 22.3. The van der Waals surface area contributed by atoms with Gasteiger partial charge in [-0.25, -0.2) is 18.2 Å². The number of urea groups is 1. The van der Waals surface area contributed by atoms with E-state index in [2.05, 4.69) is 10.3 Å². The Morgan fingerprint density at radius 2 is 1.79 bits per heavy atom. The SMILES string of the molecule is COCCn1c(CN(CCN(C)C)C(=O)NC(C)(C)C)cnc1S(=O)(=O)Cc1ccc(C)cc1. The summed E-state index contributed by atoms with van der Waals surface area (Å²) in [5.41, 5.74) is 2.01. The molecular formula is C24H39N5O4S. The van der Waals surface area contributed by atoms with Crippen molar-refractivity contribution < 1.29 is 17.9 Å². The van der Waals surface area contributed by atoms with Crippen molar-refractivity contribution in [2.24, 2.45) is 0 Å². The molecule has 2 aromatic rings. The van der Waals surface area contributed by atoms with Gasteiger partial charge in [-0.1, -0.05) is 29.8 Å². The van der Waals surface area contributed by atoms with Crippen LogP contribution in [-0.4, -0.2) is 80.2 Å². The highest BCUT2D eigenvalue weighted by Gasteiger charge is 2.26. The molecule has 0 spiro atoms. The number of carbonyl (C=O) groups excluding carboxylic acids is 1. The van der Waals surface area contributed by atoms with Crippen molar-refractivity contribution in [2.45, 2.75) is 57.2 Å². The molecule has 10 heteroatoms. The minimum Gasteiger partial charge on any atom is -0.383 e. The van der Waals surface area contributed by atoms with Crippen LogP contribution in [0.25, 0.3) is 0 Å². The number of rotatable bonds is 11. The van der Waals surface area contributed by atoms with Gasteiger partial charge in [0.2, 0.25) is 15.0 Å². The van der Waals surface area contributed by atoms with E-state index < -0.39 is 15.4 Å². The molecule has 1 N–H and O–H groups in total. The normalized spacial score (nSPS) is 12.2. The van der Waals surface area contributed by atoms with Crippen LogP contribution in [0.5, 0.6) is 0 Å². The molecule has 0 saturated heterocycles. The lowest BCUT2D eigenvalue weighted by Gasteiger charge is -2.29. The number of amides is 2. The third kappa shape index (κ3) is 8.41. The number of hydrogen-bond donors (Lipinski definition) is 1. The summed E-state index contributed by atoms with van der Waals surface area (Å²) in [6.07, 6.45) is 1.55. The summed E-state index contributed by atoms with van der Waals surface area (Å²) in [6.45, 7) is 9.75. The van der Waals surface area contributed by atoms with Crippen molar-refractivity contribution in [2.75, 3.05) is 40.9 Å². The van der Waals surface area contributed by atoms with Gasteiger partial charge in [-0.05, 0) is 47.4 Å². The van der Waals surface area contributed by atoms with Crippen molar-refractivity contribution in [1.82, 2.24) is 24.7 Å². The molecular weight excluding hydrogens is 454 g/mol. The molecule has 0 aliphatic heterocycles. The van der Waals surface area contributed by atoms with Gasteiger partial charge in [-0.2, -0.15) is 0 Å². The first-order chi connectivity index (χ1) is 15.8. The number of nitrogens with one attached hydrogen (secondary N) is 1. The lowest BCUT2D eigenvalue weighted by atomic mass is 10.1. The zero-order chi connectivity index (χ0) is 25.5. The molecule has 1 aromatic carbocycles. The summed E-state index contributed by atoms with van der Waals surface area (Å²) in [6, 6.07) is 7.21. The molecule has 2 amide bonds. The molecule has 190 valence electrons. The van der Waals surface area contributed by atoms with Gasteiger partial charge in [0.1, 0.15) is 0 Å². The maximum atomic E-state index is 13.3. The average molecular weight is 494 g/mol. The number of sulfone groups is 1. The van der Waals surface area contributed by atoms with Crippen LogP contribution >= 0.6 is 0 Å². The van der Waals surface area contributed by atoms with E-state index in [1.807, 2.05) is 71.0 Å². The zero-order valence-electron chi connectivity index (χ0n) is 21.5. The van der Waals surface area contributed by atoms with Gasteiger partial charge in [0.25, 0.3) is 0 Å². The second kappa shape index (κ2) is 11.8. The molecule has 0 saturated carbocycles. The Labute approximate surface area is 204 Å². The van der Waals surface area contributed by atoms with Crippen molar-refractivity contribution in [1.29, 1.82) is 0 Å². The second-order valence-electron chi connectivity index (χ2n) is 9.83. The van der Waals surface area contributed by atoms with E-state index >= 15 is 0 Å². The number of likely N-dealkylation sites (N-methyl/N-ethyl adjacent to an activating group) is 1. The Hall–Kier alpha value is -2.43. The fourth-order valence-electron chi connectivity index (χ4n) is 3.32. The van der Waals surface area contributed by atoms with Crippen LogP contribution in [0.2, 0.25) is 0 Å². The van der Waals surface area contributed by atoms with Crippen LogP contribution in [0, 0.1) is 6.92 Å². The minimum atomic E-state index is -3.71. The first-order valence-electron chi connectivity index (χ1n) is 11.4. The van der Waals surface area contributed by atoms with Crippen molar-refractivity contribution in [3.05, 3.63) is 47.3 Å². The first kappa shape index (κ1) is 27.8. The number of nitrogens with zero attached hydrogens (tertiary/aromatic N) is 4. The van der Waals surface area contributed by atoms with Crippen LogP contribution in [-0.2, 0) is 33.4 Å². The van der Waals surface area contributed by atoms with Crippen LogP contribution in [0.1, 0.15) is 37.6 Å². The number of aromatic nitrogens is 2. The lowest BCUT2D eigenvalue weighted by molar-refractivity contribution is 0.173. The van der Waals surface area contributed by atoms with E-state index in [1.165, 1.54) is 0 Å². The van der Waals surface area contributed by atoms with Gasteiger partial charge >= 0.3 is 6.03 Å². The Balaban J connectivity index is 2.37. The number of carbonyl (C=O) groups is 1. The van der Waals surface area contributed by atoms with Gasteiger partial charge in [-0.3, -0.25) is 0 Å². The van der Waals surface area contributed by atoms with Crippen molar-refractivity contribution in [3.8, 4) is 0 Å². The Bertz CT molecular complexity index is 1040. The second-order valence-corrected chi connectivity index (χ2v) is 11.7. The number of benzene rings is 1. The molecule has 0 aliphatic carbocycles. The molecule has 0 radical (unpaired) electrons. The van der Waals surface area contributed by atoms with Crippen LogP contribution in [0.15, 0.2) is 35.6 Å². The number of hydrogen-bond acceptors (Lipinski definition) is 6. The highest BCUT2D eigenvalue weighted by Crippen LogP contribution is 2.19. The number of methoxy groups -OCH3 is 1. The van der Waals surface area contributed by atoms with E-state index in [0.717, 1.165) is 5.56 Å². The molecule has 1 aromatic heterocycles. The predicted octanol–water partition coefficient (Wildman–Crippen LogP) is 2.68. The summed E-state index contributed by atoms with van der Waals surface area (Å²) in [5.74, 6) is -0.147. The molecule has 0 bridgehead atoms. The number of ether oxygens (including phenoxy) is 1. The fraction of sp³-hybridized carbons (Fsp3) is 0.583. The maximum absolute atomic E-state index is 13.3. The van der Waals surface area contributed by atoms with E-state index in [-0.39, 0.29) is 23.5 Å². The minimum absolute atomic E-state index is 0.0103. The monoisotopic (exact) mass is 493 g/mol. The highest BCUT2D eigenvalue weighted by molar-refractivity contribution is 7.90. The smallest absolute Gasteiger partial charge is 0.318 e. The van der Waals surface area contributed by atoms with Gasteiger partial charge < -0.3 is 24.4 Å². The van der Waals surface area contributed by atoms with Gasteiger partial charge in [-0.15, -0.1) is 0 Å². The molecule has 1 heterocycles. The summed E-state index contributed by atoms with van der Waals surface area (Å²) < 4.78 is 33.4. The van der Waals surface area contributed by atoms with Gasteiger partial charge in [0.15, 0.2) is 0 Å².